The van der Waals surface area contributed by atoms with Gasteiger partial charge in [-0.3, -0.25) is 14.8 Å². The van der Waals surface area contributed by atoms with Gasteiger partial charge in [0.15, 0.2) is 0 Å². The van der Waals surface area contributed by atoms with Crippen LogP contribution in [0.4, 0.5) is 0 Å². The van der Waals surface area contributed by atoms with Gasteiger partial charge in [0, 0.05) is 5.39 Å². The van der Waals surface area contributed by atoms with Gasteiger partial charge in [0.2, 0.25) is 8.32 Å². The normalized spacial score (nSPS) is 14.8. The van der Waals surface area contributed by atoms with E-state index < -0.39 is 20.1 Å². The van der Waals surface area contributed by atoms with Gasteiger partial charge in [0.1, 0.15) is 5.75 Å². The average molecular weight is 301 g/mol. The molecular formula is C15H15NO4Si. The molecule has 1 aliphatic heterocycles. The van der Waals surface area contributed by atoms with Gasteiger partial charge in [0.25, 0.3) is 11.8 Å². The zero-order valence-electron chi connectivity index (χ0n) is 12.0. The monoisotopic (exact) mass is 301 g/mol. The number of amides is 2. The molecule has 21 heavy (non-hydrogen) atoms. The summed E-state index contributed by atoms with van der Waals surface area (Å²) in [7, 11) is -1.82. The second-order valence-electron chi connectivity index (χ2n) is 6.01. The number of carbonyl (C=O) groups is 2. The first kappa shape index (κ1) is 13.8. The van der Waals surface area contributed by atoms with Gasteiger partial charge in [-0.05, 0) is 43.2 Å². The third kappa shape index (κ3) is 2.22. The first-order valence-corrected chi connectivity index (χ1v) is 10.0. The third-order valence-corrected chi connectivity index (χ3v) is 4.07. The van der Waals surface area contributed by atoms with E-state index >= 15 is 0 Å². The first-order chi connectivity index (χ1) is 9.78. The van der Waals surface area contributed by atoms with Crippen LogP contribution in [-0.2, 0) is 0 Å². The van der Waals surface area contributed by atoms with Crippen molar-refractivity contribution in [3.63, 3.8) is 0 Å². The fourth-order valence-corrected chi connectivity index (χ4v) is 3.31. The molecule has 0 aromatic heterocycles. The maximum atomic E-state index is 12.1. The molecule has 1 aliphatic rings. The Morgan fingerprint density at radius 3 is 2.38 bits per heavy atom. The standard InChI is InChI=1S/C15H15NO4Si/c1-21(2,3)20-10-7-9-5-4-6-11-13(9)12(8-10)15(18)16(19)14(11)17/h4-8,19H,1-3H3. The van der Waals surface area contributed by atoms with Gasteiger partial charge in [-0.25, -0.2) is 0 Å². The van der Waals surface area contributed by atoms with Crippen LogP contribution in [0.15, 0.2) is 30.3 Å². The highest BCUT2D eigenvalue weighted by Crippen LogP contribution is 2.33. The van der Waals surface area contributed by atoms with E-state index in [1.807, 2.05) is 31.8 Å². The third-order valence-electron chi connectivity index (χ3n) is 3.22. The van der Waals surface area contributed by atoms with Crippen molar-refractivity contribution in [1.29, 1.82) is 0 Å². The largest absolute Gasteiger partial charge is 0.544 e. The van der Waals surface area contributed by atoms with Crippen molar-refractivity contribution in [2.75, 3.05) is 0 Å². The summed E-state index contributed by atoms with van der Waals surface area (Å²) in [6.45, 7) is 6.13. The van der Waals surface area contributed by atoms with Crippen molar-refractivity contribution in [3.05, 3.63) is 41.5 Å². The molecule has 0 atom stereocenters. The molecule has 0 saturated carbocycles. The lowest BCUT2D eigenvalue weighted by molar-refractivity contribution is -0.0377. The van der Waals surface area contributed by atoms with Crippen LogP contribution in [-0.4, -0.2) is 30.4 Å². The lowest BCUT2D eigenvalue weighted by Crippen LogP contribution is -2.37. The van der Waals surface area contributed by atoms with Gasteiger partial charge in [-0.1, -0.05) is 12.1 Å². The van der Waals surface area contributed by atoms with Crippen LogP contribution in [0.25, 0.3) is 10.8 Å². The summed E-state index contributed by atoms with van der Waals surface area (Å²) >= 11 is 0. The smallest absolute Gasteiger partial charge is 0.285 e. The predicted octanol–water partition coefficient (Wildman–Crippen LogP) is 3.04. The van der Waals surface area contributed by atoms with E-state index in [-0.39, 0.29) is 5.06 Å². The fourth-order valence-electron chi connectivity index (χ4n) is 2.48. The highest BCUT2D eigenvalue weighted by molar-refractivity contribution is 6.70. The second kappa shape index (κ2) is 4.41. The van der Waals surface area contributed by atoms with Gasteiger partial charge in [0.05, 0.1) is 11.1 Å². The van der Waals surface area contributed by atoms with E-state index in [1.165, 1.54) is 0 Å². The highest BCUT2D eigenvalue weighted by atomic mass is 28.4. The van der Waals surface area contributed by atoms with E-state index in [0.717, 1.165) is 5.39 Å². The summed E-state index contributed by atoms with van der Waals surface area (Å²) in [4.78, 5) is 24.1. The van der Waals surface area contributed by atoms with E-state index in [0.29, 0.717) is 22.3 Å². The fraction of sp³-hybridized carbons (Fsp3) is 0.200. The molecular weight excluding hydrogens is 286 g/mol. The van der Waals surface area contributed by atoms with Gasteiger partial charge in [-0.15, -0.1) is 5.06 Å². The quantitative estimate of drug-likeness (QED) is 0.526. The van der Waals surface area contributed by atoms with E-state index in [9.17, 15) is 14.8 Å². The number of carbonyl (C=O) groups excluding carboxylic acids is 2. The molecule has 2 amide bonds. The number of rotatable bonds is 2. The molecule has 0 radical (unpaired) electrons. The van der Waals surface area contributed by atoms with Gasteiger partial charge >= 0.3 is 0 Å². The SMILES string of the molecule is C[Si](C)(C)Oc1cc2c3c(cccc3c1)C(=O)N(O)C2=O. The Morgan fingerprint density at radius 1 is 1.05 bits per heavy atom. The summed E-state index contributed by atoms with van der Waals surface area (Å²) in [5, 5.41) is 11.2. The van der Waals surface area contributed by atoms with Crippen molar-refractivity contribution in [3.8, 4) is 5.75 Å². The Hall–Kier alpha value is -2.18. The van der Waals surface area contributed by atoms with Crippen molar-refractivity contribution < 1.29 is 19.2 Å². The molecule has 0 aliphatic carbocycles. The second-order valence-corrected chi connectivity index (χ2v) is 10.4. The minimum absolute atomic E-state index is 0.162. The van der Waals surface area contributed by atoms with Crippen LogP contribution >= 0.6 is 0 Å². The van der Waals surface area contributed by atoms with Crippen molar-refractivity contribution in [2.45, 2.75) is 19.6 Å². The maximum Gasteiger partial charge on any atom is 0.285 e. The lowest BCUT2D eigenvalue weighted by atomic mass is 9.95. The molecule has 0 fully saturated rings. The molecule has 5 nitrogen and oxygen atoms in total. The minimum Gasteiger partial charge on any atom is -0.544 e. The molecule has 2 aromatic carbocycles. The van der Waals surface area contributed by atoms with Crippen LogP contribution in [0.5, 0.6) is 5.75 Å². The number of hydrogen-bond acceptors (Lipinski definition) is 4. The molecule has 0 bridgehead atoms. The molecule has 6 heteroatoms. The van der Waals surface area contributed by atoms with E-state index in [2.05, 4.69) is 0 Å². The number of hydroxylamine groups is 2. The highest BCUT2D eigenvalue weighted by Gasteiger charge is 2.32. The summed E-state index contributed by atoms with van der Waals surface area (Å²) in [6.07, 6.45) is 0. The van der Waals surface area contributed by atoms with Crippen LogP contribution < -0.4 is 4.43 Å². The van der Waals surface area contributed by atoms with E-state index in [4.69, 9.17) is 4.43 Å². The Balaban J connectivity index is 2.29. The Morgan fingerprint density at radius 2 is 1.71 bits per heavy atom. The van der Waals surface area contributed by atoms with Crippen LogP contribution in [0.2, 0.25) is 19.6 Å². The molecule has 0 spiro atoms. The number of imide groups is 1. The van der Waals surface area contributed by atoms with Crippen molar-refractivity contribution in [2.24, 2.45) is 0 Å². The maximum absolute atomic E-state index is 12.1. The Bertz CT molecular complexity index is 779. The molecule has 2 aromatic rings. The van der Waals surface area contributed by atoms with Crippen LogP contribution in [0.1, 0.15) is 20.7 Å². The molecule has 1 N–H and O–H groups in total. The molecule has 108 valence electrons. The van der Waals surface area contributed by atoms with Crippen LogP contribution in [0.3, 0.4) is 0 Å². The first-order valence-electron chi connectivity index (χ1n) is 6.61. The van der Waals surface area contributed by atoms with E-state index in [1.54, 1.807) is 18.2 Å². The van der Waals surface area contributed by atoms with Crippen LogP contribution in [0, 0.1) is 0 Å². The lowest BCUT2D eigenvalue weighted by Gasteiger charge is -2.24. The molecule has 1 heterocycles. The Labute approximate surface area is 122 Å². The predicted molar refractivity (Wildman–Crippen MR) is 80.2 cm³/mol. The molecule has 3 rings (SSSR count). The summed E-state index contributed by atoms with van der Waals surface area (Å²) < 4.78 is 5.93. The summed E-state index contributed by atoms with van der Waals surface area (Å²) in [6, 6.07) is 8.58. The zero-order chi connectivity index (χ0) is 15.4. The average Bonchev–Trinajstić information content (AvgIpc) is 2.40. The summed E-state index contributed by atoms with van der Waals surface area (Å²) in [5.41, 5.74) is 0.614. The topological polar surface area (TPSA) is 66.8 Å². The number of nitrogens with zero attached hydrogens (tertiary/aromatic N) is 1. The number of hydrogen-bond donors (Lipinski definition) is 1. The van der Waals surface area contributed by atoms with Crippen molar-refractivity contribution >= 4 is 30.9 Å². The van der Waals surface area contributed by atoms with Gasteiger partial charge < -0.3 is 4.43 Å². The zero-order valence-corrected chi connectivity index (χ0v) is 13.0. The van der Waals surface area contributed by atoms with Gasteiger partial charge in [-0.2, -0.15) is 0 Å². The minimum atomic E-state index is -1.82. The summed E-state index contributed by atoms with van der Waals surface area (Å²) in [5.74, 6) is -0.827. The Kier molecular flexibility index (Phi) is 2.89. The van der Waals surface area contributed by atoms with Crippen molar-refractivity contribution in [1.82, 2.24) is 5.06 Å². The number of benzene rings is 2. The molecule has 0 unspecified atom stereocenters. The molecule has 0 saturated heterocycles.